The maximum absolute atomic E-state index is 12.6. The van der Waals surface area contributed by atoms with Crippen molar-refractivity contribution in [1.82, 2.24) is 5.32 Å². The molecule has 0 fully saturated rings. The first-order valence-electron chi connectivity index (χ1n) is 9.05. The molecule has 0 unspecified atom stereocenters. The van der Waals surface area contributed by atoms with Gasteiger partial charge in [0, 0.05) is 27.1 Å². The molecule has 0 amide bonds. The Balaban J connectivity index is 1.94. The summed E-state index contributed by atoms with van der Waals surface area (Å²) in [5.41, 5.74) is 2.60. The third-order valence-electron chi connectivity index (χ3n) is 4.37. The van der Waals surface area contributed by atoms with Gasteiger partial charge in [0.2, 0.25) is 0 Å². The zero-order valence-corrected chi connectivity index (χ0v) is 20.0. The molecule has 2 aromatic rings. The molecule has 2 aromatic carbocycles. The summed E-state index contributed by atoms with van der Waals surface area (Å²) in [7, 11) is 0. The number of nitrogens with zero attached hydrogens (tertiary/aromatic N) is 1. The molecule has 1 aliphatic rings. The summed E-state index contributed by atoms with van der Waals surface area (Å²) in [6.45, 7) is 3.82. The fourth-order valence-corrected chi connectivity index (χ4v) is 4.85. The van der Waals surface area contributed by atoms with E-state index in [-0.39, 0.29) is 6.61 Å². The van der Waals surface area contributed by atoms with Gasteiger partial charge in [-0.1, -0.05) is 76.4 Å². The van der Waals surface area contributed by atoms with Crippen LogP contribution in [0.4, 0.5) is 0 Å². The summed E-state index contributed by atoms with van der Waals surface area (Å²) in [4.78, 5) is 17.4. The molecule has 1 N–H and O–H groups in total. The number of carbonyl (C=O) groups excluding carboxylic acids is 1. The van der Waals surface area contributed by atoms with Gasteiger partial charge in [-0.05, 0) is 37.6 Å². The maximum atomic E-state index is 12.6. The summed E-state index contributed by atoms with van der Waals surface area (Å²) < 4.78 is 5.25. The van der Waals surface area contributed by atoms with E-state index in [1.807, 2.05) is 13.0 Å². The molecule has 0 aromatic heterocycles. The number of thioether (sulfide) groups is 1. The normalized spacial score (nSPS) is 16.2. The lowest BCUT2D eigenvalue weighted by atomic mass is 9.96. The number of carbonyl (C=O) groups is 1. The molecule has 9 heteroatoms. The van der Waals surface area contributed by atoms with Crippen LogP contribution in [0.5, 0.6) is 0 Å². The highest BCUT2D eigenvalue weighted by Gasteiger charge is 2.32. The van der Waals surface area contributed by atoms with Crippen LogP contribution in [-0.2, 0) is 15.3 Å². The minimum Gasteiger partial charge on any atom is -0.463 e. The molecule has 3 rings (SSSR count). The third kappa shape index (κ3) is 5.27. The molecule has 0 radical (unpaired) electrons. The van der Waals surface area contributed by atoms with Gasteiger partial charge in [-0.2, -0.15) is 0 Å². The quantitative estimate of drug-likeness (QED) is 0.443. The monoisotopic (exact) mass is 502 g/mol. The zero-order chi connectivity index (χ0) is 21.8. The highest BCUT2D eigenvalue weighted by Crippen LogP contribution is 2.39. The van der Waals surface area contributed by atoms with E-state index in [2.05, 4.69) is 5.32 Å². The van der Waals surface area contributed by atoms with Crippen molar-refractivity contribution in [2.75, 3.05) is 6.61 Å². The van der Waals surface area contributed by atoms with Gasteiger partial charge in [-0.25, -0.2) is 9.79 Å². The van der Waals surface area contributed by atoms with E-state index in [9.17, 15) is 4.79 Å². The van der Waals surface area contributed by atoms with E-state index in [1.54, 1.807) is 37.3 Å². The number of hydrogen-bond donors (Lipinski definition) is 1. The van der Waals surface area contributed by atoms with Crippen LogP contribution < -0.4 is 5.32 Å². The molecule has 0 saturated heterocycles. The smallest absolute Gasteiger partial charge is 0.338 e. The first-order chi connectivity index (χ1) is 14.3. The lowest BCUT2D eigenvalue weighted by Crippen LogP contribution is -2.30. The van der Waals surface area contributed by atoms with Gasteiger partial charge in [-0.3, -0.25) is 0 Å². The van der Waals surface area contributed by atoms with E-state index in [0.717, 1.165) is 5.56 Å². The summed E-state index contributed by atoms with van der Waals surface area (Å²) in [5.74, 6) is 0.122. The Labute approximate surface area is 199 Å². The van der Waals surface area contributed by atoms with Crippen molar-refractivity contribution in [3.8, 4) is 0 Å². The van der Waals surface area contributed by atoms with E-state index in [4.69, 9.17) is 56.1 Å². The van der Waals surface area contributed by atoms with Crippen LogP contribution in [0.1, 0.15) is 31.0 Å². The highest BCUT2D eigenvalue weighted by atomic mass is 35.5. The third-order valence-corrected chi connectivity index (χ3v) is 6.73. The Hall–Kier alpha value is -1.37. The topological polar surface area (TPSA) is 50.7 Å². The van der Waals surface area contributed by atoms with Crippen LogP contribution in [0, 0.1) is 0 Å². The first-order valence-corrected chi connectivity index (χ1v) is 11.5. The first kappa shape index (κ1) is 23.3. The summed E-state index contributed by atoms with van der Waals surface area (Å²) in [6.07, 6.45) is 0. The summed E-state index contributed by atoms with van der Waals surface area (Å²) in [6, 6.07) is 10.00. The second-order valence-corrected chi connectivity index (χ2v) is 8.98. The number of benzene rings is 2. The molecule has 1 aliphatic heterocycles. The largest absolute Gasteiger partial charge is 0.463 e. The Bertz CT molecular complexity index is 1040. The number of aliphatic imine (C=N–C) groups is 1. The number of ether oxygens (including phenoxy) is 1. The van der Waals surface area contributed by atoms with Crippen LogP contribution in [0.15, 0.2) is 52.7 Å². The van der Waals surface area contributed by atoms with Crippen molar-refractivity contribution >= 4 is 69.3 Å². The molecule has 30 heavy (non-hydrogen) atoms. The maximum Gasteiger partial charge on any atom is 0.338 e. The molecule has 1 atom stereocenters. The second kappa shape index (κ2) is 10.3. The van der Waals surface area contributed by atoms with E-state index < -0.39 is 12.0 Å². The van der Waals surface area contributed by atoms with Crippen LogP contribution in [0.3, 0.4) is 0 Å². The van der Waals surface area contributed by atoms with Crippen LogP contribution >= 0.6 is 58.2 Å². The average molecular weight is 504 g/mol. The van der Waals surface area contributed by atoms with Crippen molar-refractivity contribution in [1.29, 1.82) is 0 Å². The van der Waals surface area contributed by atoms with E-state index in [0.29, 0.717) is 47.8 Å². The number of halogens is 4. The van der Waals surface area contributed by atoms with Gasteiger partial charge in [0.1, 0.15) is 6.04 Å². The van der Waals surface area contributed by atoms with Crippen LogP contribution in [0.2, 0.25) is 20.1 Å². The van der Waals surface area contributed by atoms with Crippen molar-refractivity contribution in [2.45, 2.75) is 25.6 Å². The van der Waals surface area contributed by atoms with E-state index >= 15 is 0 Å². The Morgan fingerprint density at radius 3 is 2.63 bits per heavy atom. The second-order valence-electron chi connectivity index (χ2n) is 6.39. The molecule has 0 saturated carbocycles. The molecular weight excluding hydrogens is 486 g/mol. The number of hydrogen-bond acceptors (Lipinski definition) is 5. The summed E-state index contributed by atoms with van der Waals surface area (Å²) in [5, 5.41) is 5.73. The van der Waals surface area contributed by atoms with Crippen molar-refractivity contribution in [3.63, 3.8) is 0 Å². The molecule has 158 valence electrons. The van der Waals surface area contributed by atoms with Gasteiger partial charge in [0.15, 0.2) is 5.17 Å². The van der Waals surface area contributed by atoms with Gasteiger partial charge >= 0.3 is 5.97 Å². The fraction of sp³-hybridized carbons (Fsp3) is 0.238. The molecule has 1 heterocycles. The van der Waals surface area contributed by atoms with Crippen LogP contribution in [0.25, 0.3) is 0 Å². The zero-order valence-electron chi connectivity index (χ0n) is 16.1. The SMILES string of the molecule is CCOC(=O)C1=C(C)NC(SCc2ccc(Cl)cc2Cl)=N[C@@H]1c1cccc(Cl)c1Cl. The molecule has 0 bridgehead atoms. The number of esters is 1. The fourth-order valence-electron chi connectivity index (χ4n) is 2.94. The molecular formula is C21H18Cl4N2O2S. The molecule has 0 aliphatic carbocycles. The number of allylic oxidation sites excluding steroid dienone is 1. The minimum atomic E-state index is -0.639. The van der Waals surface area contributed by atoms with Gasteiger partial charge in [0.25, 0.3) is 0 Å². The Morgan fingerprint density at radius 1 is 1.17 bits per heavy atom. The van der Waals surface area contributed by atoms with Gasteiger partial charge in [-0.15, -0.1) is 0 Å². The standard InChI is InChI=1S/C21H18Cl4N2O2S/c1-3-29-20(28)17-11(2)26-21(30-10-12-7-8-13(22)9-16(12)24)27-19(17)14-5-4-6-15(23)18(14)25/h4-9,19H,3,10H2,1-2H3,(H,26,27)/t19-/m1/s1. The van der Waals surface area contributed by atoms with Crippen molar-refractivity contribution in [3.05, 3.63) is 78.9 Å². The van der Waals surface area contributed by atoms with Crippen molar-refractivity contribution < 1.29 is 9.53 Å². The lowest BCUT2D eigenvalue weighted by molar-refractivity contribution is -0.138. The minimum absolute atomic E-state index is 0.256. The van der Waals surface area contributed by atoms with E-state index in [1.165, 1.54) is 11.8 Å². The predicted octanol–water partition coefficient (Wildman–Crippen LogP) is 7.07. The van der Waals surface area contributed by atoms with Crippen molar-refractivity contribution in [2.24, 2.45) is 4.99 Å². The Kier molecular flexibility index (Phi) is 7.99. The summed E-state index contributed by atoms with van der Waals surface area (Å²) >= 11 is 26.4. The predicted molar refractivity (Wildman–Crippen MR) is 127 cm³/mol. The van der Waals surface area contributed by atoms with Crippen LogP contribution in [-0.4, -0.2) is 17.7 Å². The number of amidine groups is 1. The van der Waals surface area contributed by atoms with Gasteiger partial charge in [0.05, 0.1) is 22.2 Å². The highest BCUT2D eigenvalue weighted by molar-refractivity contribution is 8.13. The lowest BCUT2D eigenvalue weighted by Gasteiger charge is -2.26. The number of nitrogens with one attached hydrogen (secondary N) is 1. The van der Waals surface area contributed by atoms with Gasteiger partial charge < -0.3 is 10.1 Å². The Morgan fingerprint density at radius 2 is 1.93 bits per heavy atom. The molecule has 4 nitrogen and oxygen atoms in total. The number of rotatable bonds is 5. The average Bonchev–Trinajstić information content (AvgIpc) is 2.69. The molecule has 0 spiro atoms.